The Balaban J connectivity index is 1.88. The van der Waals surface area contributed by atoms with Gasteiger partial charge in [0.05, 0.1) is 6.10 Å². The molecule has 0 aromatic carbocycles. The quantitative estimate of drug-likeness (QED) is 0.247. The summed E-state index contributed by atoms with van der Waals surface area (Å²) in [6.45, 7) is 1.86. The summed E-state index contributed by atoms with van der Waals surface area (Å²) in [5, 5.41) is 19.3. The van der Waals surface area contributed by atoms with Gasteiger partial charge in [-0.3, -0.25) is 4.79 Å². The molecule has 0 heterocycles. The molecule has 0 bridgehead atoms. The molecule has 2 N–H and O–H groups in total. The summed E-state index contributed by atoms with van der Waals surface area (Å²) in [5.41, 5.74) is 1.42. The molecule has 0 aromatic rings. The van der Waals surface area contributed by atoms with Gasteiger partial charge in [-0.25, -0.2) is 0 Å². The molecule has 3 heteroatoms. The number of unbranched alkanes of at least 4 members (excludes halogenated alkanes) is 1. The first kappa shape index (κ1) is 21.5. The van der Waals surface area contributed by atoms with Crippen molar-refractivity contribution < 1.29 is 15.0 Å². The van der Waals surface area contributed by atoms with E-state index >= 15 is 0 Å². The summed E-state index contributed by atoms with van der Waals surface area (Å²) in [7, 11) is 0. The van der Waals surface area contributed by atoms with Gasteiger partial charge < -0.3 is 10.2 Å². The van der Waals surface area contributed by atoms with Gasteiger partial charge >= 0.3 is 5.97 Å². The number of carboxylic acid groups (broad SMARTS) is 1. The molecule has 0 aromatic heterocycles. The average Bonchev–Trinajstić information content (AvgIpc) is 2.62. The molecule has 2 saturated carbocycles. The van der Waals surface area contributed by atoms with Gasteiger partial charge in [0.15, 0.2) is 0 Å². The van der Waals surface area contributed by atoms with Gasteiger partial charge in [0, 0.05) is 18.3 Å². The molecule has 0 amide bonds. The number of aliphatic carboxylic acids is 1. The summed E-state index contributed by atoms with van der Waals surface area (Å²) < 4.78 is 0. The van der Waals surface area contributed by atoms with E-state index in [2.05, 4.69) is 30.1 Å². The van der Waals surface area contributed by atoms with Crippen molar-refractivity contribution in [3.8, 4) is 11.8 Å². The number of carboxylic acids is 1. The number of carbonyl (C=O) groups is 1. The highest BCUT2D eigenvalue weighted by Crippen LogP contribution is 2.47. The Bertz CT molecular complexity index is 626. The van der Waals surface area contributed by atoms with Crippen LogP contribution in [0, 0.1) is 23.2 Å². The third-order valence-corrected chi connectivity index (χ3v) is 6.05. The number of aliphatic hydroxyl groups is 1. The highest BCUT2D eigenvalue weighted by atomic mass is 16.4. The minimum absolute atomic E-state index is 0.0343. The molecule has 0 radical (unpaired) electrons. The van der Waals surface area contributed by atoms with E-state index in [1.54, 1.807) is 0 Å². The predicted octanol–water partition coefficient (Wildman–Crippen LogP) is 5.41. The number of allylic oxidation sites excluding steroid dienone is 5. The maximum absolute atomic E-state index is 10.6. The van der Waals surface area contributed by atoms with E-state index in [9.17, 15) is 9.90 Å². The maximum Gasteiger partial charge on any atom is 0.303 e. The second kappa shape index (κ2) is 11.1. The first-order valence-corrected chi connectivity index (χ1v) is 10.4. The third kappa shape index (κ3) is 6.70. The fourth-order valence-corrected chi connectivity index (χ4v) is 4.12. The van der Waals surface area contributed by atoms with Crippen LogP contribution in [-0.4, -0.2) is 22.3 Å². The van der Waals surface area contributed by atoms with E-state index in [1.165, 1.54) is 24.8 Å². The van der Waals surface area contributed by atoms with Gasteiger partial charge in [0.1, 0.15) is 0 Å². The van der Waals surface area contributed by atoms with Crippen molar-refractivity contribution in [2.24, 2.45) is 11.3 Å². The SMILES string of the molecule is CC#CCC1(C(O)/C=C/C=C/C2CCCC/C2=C\CCCC(=O)O)CCC1. The van der Waals surface area contributed by atoms with Crippen LogP contribution in [0.3, 0.4) is 0 Å². The standard InChI is InChI=1S/C24H34O3/c1-2-3-17-24(18-10-19-24)22(25)15-8-6-13-20-11-4-5-12-21(20)14-7-9-16-23(26)27/h6,8,13-15,20,22,25H,4-5,7,9-12,16-19H2,1H3,(H,26,27)/b13-6+,15-8+,21-14+. The van der Waals surface area contributed by atoms with Crippen LogP contribution in [0.1, 0.15) is 77.6 Å². The summed E-state index contributed by atoms with van der Waals surface area (Å²) in [6.07, 6.45) is 20.7. The van der Waals surface area contributed by atoms with Crippen molar-refractivity contribution >= 4 is 5.97 Å². The minimum atomic E-state index is -0.716. The molecule has 27 heavy (non-hydrogen) atoms. The number of aliphatic hydroxyl groups excluding tert-OH is 1. The lowest BCUT2D eigenvalue weighted by Gasteiger charge is -2.43. The molecule has 2 unspecified atom stereocenters. The Kier molecular flexibility index (Phi) is 8.88. The molecule has 2 rings (SSSR count). The largest absolute Gasteiger partial charge is 0.481 e. The fraction of sp³-hybridized carbons (Fsp3) is 0.625. The lowest BCUT2D eigenvalue weighted by Crippen LogP contribution is -2.40. The molecular weight excluding hydrogens is 336 g/mol. The summed E-state index contributed by atoms with van der Waals surface area (Å²) in [6, 6.07) is 0. The highest BCUT2D eigenvalue weighted by Gasteiger charge is 2.41. The molecule has 148 valence electrons. The normalized spacial score (nSPS) is 24.5. The second-order valence-corrected chi connectivity index (χ2v) is 7.95. The summed E-state index contributed by atoms with van der Waals surface area (Å²) >= 11 is 0. The molecule has 2 aliphatic rings. The Morgan fingerprint density at radius 3 is 2.78 bits per heavy atom. The van der Waals surface area contributed by atoms with Crippen LogP contribution < -0.4 is 0 Å². The molecule has 2 atom stereocenters. The Morgan fingerprint density at radius 1 is 1.30 bits per heavy atom. The van der Waals surface area contributed by atoms with E-state index in [-0.39, 0.29) is 11.8 Å². The monoisotopic (exact) mass is 370 g/mol. The van der Waals surface area contributed by atoms with Crippen molar-refractivity contribution in [1.82, 2.24) is 0 Å². The molecule has 0 spiro atoms. The van der Waals surface area contributed by atoms with Crippen LogP contribution in [0.15, 0.2) is 36.0 Å². The summed E-state index contributed by atoms with van der Waals surface area (Å²) in [4.78, 5) is 10.6. The van der Waals surface area contributed by atoms with Crippen LogP contribution in [-0.2, 0) is 4.79 Å². The zero-order valence-corrected chi connectivity index (χ0v) is 16.6. The molecule has 2 aliphatic carbocycles. The smallest absolute Gasteiger partial charge is 0.303 e. The fourth-order valence-electron chi connectivity index (χ4n) is 4.12. The third-order valence-electron chi connectivity index (χ3n) is 6.05. The van der Waals surface area contributed by atoms with Crippen LogP contribution in [0.4, 0.5) is 0 Å². The molecule has 2 fully saturated rings. The second-order valence-electron chi connectivity index (χ2n) is 7.95. The average molecular weight is 371 g/mol. The van der Waals surface area contributed by atoms with Gasteiger partial charge in [-0.15, -0.1) is 11.8 Å². The number of rotatable bonds is 9. The lowest BCUT2D eigenvalue weighted by atomic mass is 9.63. The Hall–Kier alpha value is -1.79. The van der Waals surface area contributed by atoms with Crippen molar-refractivity contribution in [2.75, 3.05) is 0 Å². The zero-order chi connectivity index (χ0) is 19.5. The van der Waals surface area contributed by atoms with E-state index in [4.69, 9.17) is 5.11 Å². The van der Waals surface area contributed by atoms with Gasteiger partial charge in [-0.2, -0.15) is 0 Å². The van der Waals surface area contributed by atoms with Crippen molar-refractivity contribution in [2.45, 2.75) is 83.7 Å². The van der Waals surface area contributed by atoms with E-state index in [0.29, 0.717) is 12.3 Å². The van der Waals surface area contributed by atoms with Gasteiger partial charge in [0.25, 0.3) is 0 Å². The molecule has 0 saturated heterocycles. The number of hydrogen-bond acceptors (Lipinski definition) is 2. The van der Waals surface area contributed by atoms with Gasteiger partial charge in [-0.1, -0.05) is 48.8 Å². The van der Waals surface area contributed by atoms with Crippen molar-refractivity contribution in [1.29, 1.82) is 0 Å². The van der Waals surface area contributed by atoms with E-state index in [0.717, 1.165) is 38.5 Å². The van der Waals surface area contributed by atoms with Gasteiger partial charge in [0.2, 0.25) is 0 Å². The summed E-state index contributed by atoms with van der Waals surface area (Å²) in [5.74, 6) is 5.83. The Morgan fingerprint density at radius 2 is 2.11 bits per heavy atom. The maximum atomic E-state index is 10.6. The van der Waals surface area contributed by atoms with Crippen molar-refractivity contribution in [3.63, 3.8) is 0 Å². The van der Waals surface area contributed by atoms with Crippen molar-refractivity contribution in [3.05, 3.63) is 36.0 Å². The Labute approximate surface area is 164 Å². The van der Waals surface area contributed by atoms with Crippen LogP contribution in [0.2, 0.25) is 0 Å². The molecule has 3 nitrogen and oxygen atoms in total. The predicted molar refractivity (Wildman–Crippen MR) is 110 cm³/mol. The first-order valence-electron chi connectivity index (χ1n) is 10.4. The minimum Gasteiger partial charge on any atom is -0.481 e. The topological polar surface area (TPSA) is 57.5 Å². The van der Waals surface area contributed by atoms with Crippen LogP contribution in [0.25, 0.3) is 0 Å². The van der Waals surface area contributed by atoms with Gasteiger partial charge in [-0.05, 0) is 57.8 Å². The van der Waals surface area contributed by atoms with E-state index < -0.39 is 12.1 Å². The molecule has 0 aliphatic heterocycles. The zero-order valence-electron chi connectivity index (χ0n) is 16.6. The number of hydrogen-bond donors (Lipinski definition) is 2. The van der Waals surface area contributed by atoms with Crippen LogP contribution in [0.5, 0.6) is 0 Å². The van der Waals surface area contributed by atoms with Crippen LogP contribution >= 0.6 is 0 Å². The molecular formula is C24H34O3. The lowest BCUT2D eigenvalue weighted by molar-refractivity contribution is -0.137. The highest BCUT2D eigenvalue weighted by molar-refractivity contribution is 5.66. The first-order chi connectivity index (χ1) is 13.1. The van der Waals surface area contributed by atoms with E-state index in [1.807, 2.05) is 19.1 Å².